The minimum Gasteiger partial charge on any atom is -0.352 e. The zero-order chi connectivity index (χ0) is 28.7. The molecule has 0 heterocycles. The summed E-state index contributed by atoms with van der Waals surface area (Å²) < 4.78 is 27.6. The quantitative estimate of drug-likeness (QED) is 0.346. The molecule has 0 spiro atoms. The SMILES string of the molecule is Cc1ccc(S(=O)(=O)N(C)CC(=O)N(Cc2ccccc2Cl)C(Cc2ccccc2)C(=O)NC2CCCC2)cc1. The number of benzene rings is 3. The maximum absolute atomic E-state index is 14.0. The van der Waals surface area contributed by atoms with Crippen LogP contribution in [-0.4, -0.2) is 55.1 Å². The highest BCUT2D eigenvalue weighted by Crippen LogP contribution is 2.23. The Morgan fingerprint density at radius 1 is 0.950 bits per heavy atom. The van der Waals surface area contributed by atoms with E-state index in [1.165, 1.54) is 24.1 Å². The molecule has 1 N–H and O–H groups in total. The van der Waals surface area contributed by atoms with Gasteiger partial charge in [-0.2, -0.15) is 4.31 Å². The van der Waals surface area contributed by atoms with Gasteiger partial charge in [0.2, 0.25) is 21.8 Å². The molecule has 1 atom stereocenters. The van der Waals surface area contributed by atoms with Crippen LogP contribution in [0.5, 0.6) is 0 Å². The van der Waals surface area contributed by atoms with Crippen molar-refractivity contribution in [3.8, 4) is 0 Å². The molecule has 3 aromatic carbocycles. The Kier molecular flexibility index (Phi) is 10.0. The smallest absolute Gasteiger partial charge is 0.243 e. The van der Waals surface area contributed by atoms with Crippen molar-refractivity contribution in [1.82, 2.24) is 14.5 Å². The molecule has 7 nitrogen and oxygen atoms in total. The second-order valence-electron chi connectivity index (χ2n) is 10.4. The predicted molar refractivity (Wildman–Crippen MR) is 157 cm³/mol. The van der Waals surface area contributed by atoms with Gasteiger partial charge in [-0.1, -0.05) is 90.7 Å². The Balaban J connectivity index is 1.66. The first-order chi connectivity index (χ1) is 19.1. The van der Waals surface area contributed by atoms with E-state index in [0.717, 1.165) is 41.1 Å². The van der Waals surface area contributed by atoms with Crippen LogP contribution in [-0.2, 0) is 32.6 Å². The van der Waals surface area contributed by atoms with Gasteiger partial charge in [-0.25, -0.2) is 8.42 Å². The molecule has 0 aliphatic heterocycles. The number of halogens is 1. The molecule has 4 rings (SSSR count). The van der Waals surface area contributed by atoms with Crippen LogP contribution in [0.25, 0.3) is 0 Å². The third kappa shape index (κ3) is 7.50. The van der Waals surface area contributed by atoms with E-state index < -0.39 is 28.5 Å². The molecule has 1 aliphatic rings. The van der Waals surface area contributed by atoms with Gasteiger partial charge >= 0.3 is 0 Å². The number of hydrogen-bond acceptors (Lipinski definition) is 4. The summed E-state index contributed by atoms with van der Waals surface area (Å²) in [6.45, 7) is 1.51. The number of nitrogens with one attached hydrogen (secondary N) is 1. The second kappa shape index (κ2) is 13.4. The Morgan fingerprint density at radius 3 is 2.23 bits per heavy atom. The lowest BCUT2D eigenvalue weighted by Crippen LogP contribution is -2.54. The Labute approximate surface area is 242 Å². The summed E-state index contributed by atoms with van der Waals surface area (Å²) in [6, 6.07) is 22.4. The topological polar surface area (TPSA) is 86.8 Å². The molecule has 2 amide bonds. The molecule has 1 saturated carbocycles. The monoisotopic (exact) mass is 581 g/mol. The summed E-state index contributed by atoms with van der Waals surface area (Å²) in [7, 11) is -2.55. The van der Waals surface area contributed by atoms with Gasteiger partial charge < -0.3 is 10.2 Å². The summed E-state index contributed by atoms with van der Waals surface area (Å²) in [4.78, 5) is 29.3. The number of carbonyl (C=O) groups excluding carboxylic acids is 2. The number of aryl methyl sites for hydroxylation is 1. The molecule has 1 unspecified atom stereocenters. The zero-order valence-corrected chi connectivity index (χ0v) is 24.5. The highest BCUT2D eigenvalue weighted by molar-refractivity contribution is 7.89. The van der Waals surface area contributed by atoms with Crippen molar-refractivity contribution < 1.29 is 18.0 Å². The van der Waals surface area contributed by atoms with Crippen LogP contribution in [0, 0.1) is 6.92 Å². The van der Waals surface area contributed by atoms with Crippen molar-refractivity contribution in [2.75, 3.05) is 13.6 Å². The summed E-state index contributed by atoms with van der Waals surface area (Å²) in [6.07, 6.45) is 4.19. The minimum absolute atomic E-state index is 0.0620. The van der Waals surface area contributed by atoms with Gasteiger partial charge in [0, 0.05) is 31.1 Å². The van der Waals surface area contributed by atoms with E-state index in [-0.39, 0.29) is 29.8 Å². The van der Waals surface area contributed by atoms with Gasteiger partial charge in [-0.15, -0.1) is 0 Å². The lowest BCUT2D eigenvalue weighted by molar-refractivity contribution is -0.141. The van der Waals surface area contributed by atoms with Crippen LogP contribution in [0.2, 0.25) is 5.02 Å². The fraction of sp³-hybridized carbons (Fsp3) is 0.355. The van der Waals surface area contributed by atoms with Crippen molar-refractivity contribution in [3.63, 3.8) is 0 Å². The third-order valence-electron chi connectivity index (χ3n) is 7.36. The van der Waals surface area contributed by atoms with Crippen molar-refractivity contribution in [2.45, 2.75) is 62.6 Å². The summed E-state index contributed by atoms with van der Waals surface area (Å²) >= 11 is 6.48. The molecule has 3 aromatic rings. The fourth-order valence-corrected chi connectivity index (χ4v) is 6.30. The van der Waals surface area contributed by atoms with Crippen LogP contribution in [0.15, 0.2) is 83.8 Å². The minimum atomic E-state index is -3.93. The fourth-order valence-electron chi connectivity index (χ4n) is 4.99. The number of nitrogens with zero attached hydrogens (tertiary/aromatic N) is 2. The number of rotatable bonds is 11. The van der Waals surface area contributed by atoms with Crippen molar-refractivity contribution in [2.24, 2.45) is 0 Å². The van der Waals surface area contributed by atoms with E-state index >= 15 is 0 Å². The lowest BCUT2D eigenvalue weighted by atomic mass is 10.0. The van der Waals surface area contributed by atoms with E-state index in [4.69, 9.17) is 11.6 Å². The molecule has 0 radical (unpaired) electrons. The number of carbonyl (C=O) groups is 2. The first-order valence-electron chi connectivity index (χ1n) is 13.6. The van der Waals surface area contributed by atoms with Crippen molar-refractivity contribution in [1.29, 1.82) is 0 Å². The zero-order valence-electron chi connectivity index (χ0n) is 22.9. The average Bonchev–Trinajstić information content (AvgIpc) is 3.45. The van der Waals surface area contributed by atoms with Gasteiger partial charge in [-0.3, -0.25) is 9.59 Å². The van der Waals surface area contributed by atoms with E-state index in [1.807, 2.05) is 49.4 Å². The Morgan fingerprint density at radius 2 is 1.57 bits per heavy atom. The summed E-state index contributed by atoms with van der Waals surface area (Å²) in [5, 5.41) is 3.62. The van der Waals surface area contributed by atoms with Gasteiger partial charge in [0.05, 0.1) is 11.4 Å². The first kappa shape index (κ1) is 29.8. The summed E-state index contributed by atoms with van der Waals surface area (Å²) in [5.41, 5.74) is 2.50. The predicted octanol–water partition coefficient (Wildman–Crippen LogP) is 4.97. The number of hydrogen-bond donors (Lipinski definition) is 1. The number of amides is 2. The molecule has 9 heteroatoms. The second-order valence-corrected chi connectivity index (χ2v) is 12.8. The lowest BCUT2D eigenvalue weighted by Gasteiger charge is -2.33. The largest absolute Gasteiger partial charge is 0.352 e. The van der Waals surface area contributed by atoms with E-state index in [2.05, 4.69) is 5.32 Å². The van der Waals surface area contributed by atoms with E-state index in [1.54, 1.807) is 24.3 Å². The molecule has 1 aliphatic carbocycles. The highest BCUT2D eigenvalue weighted by Gasteiger charge is 2.34. The average molecular weight is 582 g/mol. The highest BCUT2D eigenvalue weighted by atomic mass is 35.5. The van der Waals surface area contributed by atoms with Crippen molar-refractivity contribution >= 4 is 33.4 Å². The number of likely N-dealkylation sites (N-methyl/N-ethyl adjacent to an activating group) is 1. The van der Waals surface area contributed by atoms with Crippen molar-refractivity contribution in [3.05, 3.63) is 101 Å². The molecule has 0 aromatic heterocycles. The molecule has 1 fully saturated rings. The standard InChI is InChI=1S/C31H36ClN3O4S/c1-23-16-18-27(19-17-23)40(38,39)34(2)22-30(36)35(21-25-12-6-9-15-28(25)32)29(20-24-10-4-3-5-11-24)31(37)33-26-13-7-8-14-26/h3-6,9-12,15-19,26,29H,7-8,13-14,20-22H2,1-2H3,(H,33,37). The third-order valence-corrected chi connectivity index (χ3v) is 9.54. The molecular weight excluding hydrogens is 546 g/mol. The molecule has 40 heavy (non-hydrogen) atoms. The van der Waals surface area contributed by atoms with Gasteiger partial charge in [0.25, 0.3) is 0 Å². The van der Waals surface area contributed by atoms with Gasteiger partial charge in [0.1, 0.15) is 6.04 Å². The first-order valence-corrected chi connectivity index (χ1v) is 15.4. The Bertz CT molecular complexity index is 1410. The molecule has 0 saturated heterocycles. The van der Waals surface area contributed by atoms with Crippen LogP contribution >= 0.6 is 11.6 Å². The van der Waals surface area contributed by atoms with Crippen LogP contribution in [0.1, 0.15) is 42.4 Å². The Hall–Kier alpha value is -3.20. The maximum atomic E-state index is 14.0. The normalized spacial score (nSPS) is 14.7. The molecule has 0 bridgehead atoms. The molecule has 212 valence electrons. The molecular formula is C31H36ClN3O4S. The van der Waals surface area contributed by atoms with Crippen LogP contribution < -0.4 is 5.32 Å². The van der Waals surface area contributed by atoms with Crippen LogP contribution in [0.3, 0.4) is 0 Å². The van der Waals surface area contributed by atoms with Gasteiger partial charge in [-0.05, 0) is 49.1 Å². The van der Waals surface area contributed by atoms with E-state index in [9.17, 15) is 18.0 Å². The van der Waals surface area contributed by atoms with E-state index in [0.29, 0.717) is 10.6 Å². The maximum Gasteiger partial charge on any atom is 0.243 e. The number of sulfonamides is 1. The van der Waals surface area contributed by atoms with Gasteiger partial charge in [0.15, 0.2) is 0 Å². The summed E-state index contributed by atoms with van der Waals surface area (Å²) in [5.74, 6) is -0.735. The van der Waals surface area contributed by atoms with Crippen LogP contribution in [0.4, 0.5) is 0 Å².